The monoisotopic (exact) mass is 261 g/mol. The molecule has 2 unspecified atom stereocenters. The molecular formula is C16H23NO2. The molecule has 0 aliphatic heterocycles. The molecular weight excluding hydrogens is 238 g/mol. The van der Waals surface area contributed by atoms with Gasteiger partial charge in [0.05, 0.1) is 0 Å². The zero-order chi connectivity index (χ0) is 13.7. The van der Waals surface area contributed by atoms with Gasteiger partial charge in [-0.15, -0.1) is 0 Å². The Kier molecular flexibility index (Phi) is 4.59. The van der Waals surface area contributed by atoms with E-state index in [9.17, 15) is 9.90 Å². The van der Waals surface area contributed by atoms with Crippen LogP contribution in [0, 0.1) is 5.92 Å². The summed E-state index contributed by atoms with van der Waals surface area (Å²) >= 11 is 0. The van der Waals surface area contributed by atoms with Crippen LogP contribution in [0.5, 0.6) is 0 Å². The molecule has 3 heteroatoms. The summed E-state index contributed by atoms with van der Waals surface area (Å²) in [7, 11) is 0. The van der Waals surface area contributed by atoms with Crippen molar-refractivity contribution in [1.82, 2.24) is 5.32 Å². The molecule has 104 valence electrons. The van der Waals surface area contributed by atoms with E-state index < -0.39 is 11.5 Å². The van der Waals surface area contributed by atoms with Gasteiger partial charge in [-0.25, -0.2) is 0 Å². The number of rotatable bonds is 5. The molecule has 0 heterocycles. The first-order valence-corrected chi connectivity index (χ1v) is 7.18. The van der Waals surface area contributed by atoms with Crippen LogP contribution < -0.4 is 5.32 Å². The number of carboxylic acids is 1. The van der Waals surface area contributed by atoms with Crippen molar-refractivity contribution in [2.45, 2.75) is 51.1 Å². The first kappa shape index (κ1) is 14.1. The van der Waals surface area contributed by atoms with Crippen molar-refractivity contribution in [3.63, 3.8) is 0 Å². The van der Waals surface area contributed by atoms with Gasteiger partial charge >= 0.3 is 5.97 Å². The number of carbonyl (C=O) groups is 1. The van der Waals surface area contributed by atoms with E-state index >= 15 is 0 Å². The van der Waals surface area contributed by atoms with Crippen LogP contribution >= 0.6 is 0 Å². The second-order valence-electron chi connectivity index (χ2n) is 5.60. The topological polar surface area (TPSA) is 49.3 Å². The fourth-order valence-corrected chi connectivity index (χ4v) is 3.04. The fourth-order valence-electron chi connectivity index (χ4n) is 3.04. The van der Waals surface area contributed by atoms with Crippen molar-refractivity contribution in [2.75, 3.05) is 0 Å². The SMILES string of the molecule is CCC1CCCC(NCc2ccccc2)(C(=O)O)C1. The summed E-state index contributed by atoms with van der Waals surface area (Å²) in [6, 6.07) is 10.0. The maximum Gasteiger partial charge on any atom is 0.323 e. The zero-order valence-electron chi connectivity index (χ0n) is 11.6. The molecule has 1 aliphatic rings. The van der Waals surface area contributed by atoms with Crippen LogP contribution in [-0.4, -0.2) is 16.6 Å². The molecule has 1 aliphatic carbocycles. The van der Waals surface area contributed by atoms with Crippen molar-refractivity contribution in [3.8, 4) is 0 Å². The molecule has 1 fully saturated rings. The van der Waals surface area contributed by atoms with E-state index in [2.05, 4.69) is 12.2 Å². The van der Waals surface area contributed by atoms with E-state index in [-0.39, 0.29) is 0 Å². The van der Waals surface area contributed by atoms with E-state index in [1.807, 2.05) is 30.3 Å². The lowest BCUT2D eigenvalue weighted by Gasteiger charge is -2.38. The maximum absolute atomic E-state index is 11.7. The second kappa shape index (κ2) is 6.20. The van der Waals surface area contributed by atoms with Gasteiger partial charge in [-0.3, -0.25) is 10.1 Å². The fraction of sp³-hybridized carbons (Fsp3) is 0.562. The van der Waals surface area contributed by atoms with Gasteiger partial charge in [0.15, 0.2) is 0 Å². The number of carboxylic acid groups (broad SMARTS) is 1. The molecule has 0 amide bonds. The summed E-state index contributed by atoms with van der Waals surface area (Å²) in [6.45, 7) is 2.78. The standard InChI is InChI=1S/C16H23NO2/c1-2-13-9-6-10-16(11-13,15(18)19)17-12-14-7-4-3-5-8-14/h3-5,7-8,13,17H,2,6,9-12H2,1H3,(H,18,19). The summed E-state index contributed by atoms with van der Waals surface area (Å²) in [5.41, 5.74) is 0.413. The number of nitrogens with one attached hydrogen (secondary N) is 1. The molecule has 0 radical (unpaired) electrons. The Morgan fingerprint density at radius 2 is 2.16 bits per heavy atom. The highest BCUT2D eigenvalue weighted by Gasteiger charge is 2.41. The summed E-state index contributed by atoms with van der Waals surface area (Å²) < 4.78 is 0. The first-order valence-electron chi connectivity index (χ1n) is 7.18. The van der Waals surface area contributed by atoms with Gasteiger partial charge in [-0.05, 0) is 24.3 Å². The highest BCUT2D eigenvalue weighted by Crippen LogP contribution is 2.34. The molecule has 2 N–H and O–H groups in total. The quantitative estimate of drug-likeness (QED) is 0.855. The lowest BCUT2D eigenvalue weighted by molar-refractivity contribution is -0.147. The van der Waals surface area contributed by atoms with Crippen LogP contribution in [0.25, 0.3) is 0 Å². The molecule has 19 heavy (non-hydrogen) atoms. The Morgan fingerprint density at radius 3 is 2.79 bits per heavy atom. The predicted octanol–water partition coefficient (Wildman–Crippen LogP) is 3.20. The van der Waals surface area contributed by atoms with E-state index in [4.69, 9.17) is 0 Å². The molecule has 0 saturated heterocycles. The lowest BCUT2D eigenvalue weighted by Crippen LogP contribution is -2.54. The van der Waals surface area contributed by atoms with Gasteiger partial charge < -0.3 is 5.11 Å². The predicted molar refractivity (Wildman–Crippen MR) is 75.9 cm³/mol. The van der Waals surface area contributed by atoms with Crippen LogP contribution in [-0.2, 0) is 11.3 Å². The number of hydrogen-bond donors (Lipinski definition) is 2. The van der Waals surface area contributed by atoms with Crippen LogP contribution in [0.3, 0.4) is 0 Å². The van der Waals surface area contributed by atoms with Crippen LogP contribution in [0.2, 0.25) is 0 Å². The molecule has 2 atom stereocenters. The lowest BCUT2D eigenvalue weighted by atomic mass is 9.74. The highest BCUT2D eigenvalue weighted by atomic mass is 16.4. The van der Waals surface area contributed by atoms with Gasteiger partial charge in [0.25, 0.3) is 0 Å². The number of hydrogen-bond acceptors (Lipinski definition) is 2. The van der Waals surface area contributed by atoms with Gasteiger partial charge in [-0.2, -0.15) is 0 Å². The smallest absolute Gasteiger partial charge is 0.323 e. The normalized spacial score (nSPS) is 27.1. The van der Waals surface area contributed by atoms with Crippen molar-refractivity contribution in [1.29, 1.82) is 0 Å². The number of benzene rings is 1. The minimum absolute atomic E-state index is 0.535. The Labute approximate surface area is 115 Å². The Hall–Kier alpha value is -1.35. The maximum atomic E-state index is 11.7. The summed E-state index contributed by atoms with van der Waals surface area (Å²) in [5, 5.41) is 12.9. The molecule has 2 rings (SSSR count). The third-order valence-electron chi connectivity index (χ3n) is 4.31. The van der Waals surface area contributed by atoms with Crippen LogP contribution in [0.15, 0.2) is 30.3 Å². The third-order valence-corrected chi connectivity index (χ3v) is 4.31. The van der Waals surface area contributed by atoms with Crippen molar-refractivity contribution < 1.29 is 9.90 Å². The summed E-state index contributed by atoms with van der Waals surface area (Å²) in [5.74, 6) is -0.158. The van der Waals surface area contributed by atoms with Gasteiger partial charge in [-0.1, -0.05) is 56.5 Å². The third kappa shape index (κ3) is 3.35. The zero-order valence-corrected chi connectivity index (χ0v) is 11.6. The molecule has 0 bridgehead atoms. The molecule has 1 aromatic rings. The minimum atomic E-state index is -0.727. The van der Waals surface area contributed by atoms with Crippen molar-refractivity contribution >= 4 is 5.97 Å². The van der Waals surface area contributed by atoms with Crippen LogP contribution in [0.1, 0.15) is 44.6 Å². The molecule has 1 aromatic carbocycles. The second-order valence-corrected chi connectivity index (χ2v) is 5.60. The molecule has 3 nitrogen and oxygen atoms in total. The molecule has 0 aromatic heterocycles. The average molecular weight is 261 g/mol. The summed E-state index contributed by atoms with van der Waals surface area (Å²) in [4.78, 5) is 11.7. The minimum Gasteiger partial charge on any atom is -0.480 e. The molecule has 0 spiro atoms. The number of aliphatic carboxylic acids is 1. The van der Waals surface area contributed by atoms with Crippen LogP contribution in [0.4, 0.5) is 0 Å². The van der Waals surface area contributed by atoms with E-state index in [0.29, 0.717) is 12.5 Å². The average Bonchev–Trinajstić information content (AvgIpc) is 2.46. The molecule has 1 saturated carbocycles. The van der Waals surface area contributed by atoms with Crippen molar-refractivity contribution in [3.05, 3.63) is 35.9 Å². The first-order chi connectivity index (χ1) is 9.16. The summed E-state index contributed by atoms with van der Waals surface area (Å²) in [6.07, 6.45) is 4.74. The van der Waals surface area contributed by atoms with Crippen molar-refractivity contribution in [2.24, 2.45) is 5.92 Å². The largest absolute Gasteiger partial charge is 0.480 e. The Balaban J connectivity index is 2.05. The van der Waals surface area contributed by atoms with Gasteiger partial charge in [0.2, 0.25) is 0 Å². The van der Waals surface area contributed by atoms with E-state index in [1.165, 1.54) is 6.42 Å². The Morgan fingerprint density at radius 1 is 1.42 bits per heavy atom. The Bertz CT molecular complexity index is 418. The van der Waals surface area contributed by atoms with E-state index in [0.717, 1.165) is 31.2 Å². The highest BCUT2D eigenvalue weighted by molar-refractivity contribution is 5.79. The van der Waals surface area contributed by atoms with E-state index in [1.54, 1.807) is 0 Å². The van der Waals surface area contributed by atoms with Gasteiger partial charge in [0, 0.05) is 6.54 Å². The van der Waals surface area contributed by atoms with Gasteiger partial charge in [0.1, 0.15) is 5.54 Å².